The van der Waals surface area contributed by atoms with Gasteiger partial charge < -0.3 is 10.6 Å². The van der Waals surface area contributed by atoms with Crippen LogP contribution in [0.1, 0.15) is 23.4 Å². The van der Waals surface area contributed by atoms with Crippen LogP contribution < -0.4 is 10.6 Å². The predicted molar refractivity (Wildman–Crippen MR) is 100.0 cm³/mol. The van der Waals surface area contributed by atoms with Gasteiger partial charge in [-0.1, -0.05) is 6.07 Å². The maximum absolute atomic E-state index is 13.4. The molecule has 0 radical (unpaired) electrons. The number of piperidine rings is 1. The summed E-state index contributed by atoms with van der Waals surface area (Å²) in [5.41, 5.74) is -0.285. The van der Waals surface area contributed by atoms with E-state index in [1.165, 1.54) is 16.2 Å². The third-order valence-corrected chi connectivity index (χ3v) is 5.74. The van der Waals surface area contributed by atoms with E-state index in [1.807, 2.05) is 11.4 Å². The highest BCUT2D eigenvalue weighted by Gasteiger charge is 2.57. The molecule has 2 aromatic heterocycles. The van der Waals surface area contributed by atoms with Crippen molar-refractivity contribution in [3.05, 3.63) is 46.7 Å². The maximum atomic E-state index is 13.4. The van der Waals surface area contributed by atoms with Crippen molar-refractivity contribution in [3.8, 4) is 0 Å². The number of rotatable bonds is 4. The molecule has 0 aromatic carbocycles. The molecule has 2 aromatic rings. The topological polar surface area (TPSA) is 87.2 Å². The first-order chi connectivity index (χ1) is 12.2. The maximum Gasteiger partial charge on any atom is 0.325 e. The summed E-state index contributed by atoms with van der Waals surface area (Å²) in [6, 6.07) is 3.32. The molecule has 138 valence electrons. The van der Waals surface area contributed by atoms with Gasteiger partial charge in [0.05, 0.1) is 6.54 Å². The van der Waals surface area contributed by atoms with Crippen LogP contribution in [0.2, 0.25) is 0 Å². The Hall–Kier alpha value is -2.03. The van der Waals surface area contributed by atoms with Crippen molar-refractivity contribution in [2.45, 2.75) is 24.9 Å². The van der Waals surface area contributed by atoms with Crippen molar-refractivity contribution < 1.29 is 9.59 Å². The average Bonchev–Trinajstić information content (AvgIpc) is 3.26. The molecule has 0 aliphatic carbocycles. The zero-order chi connectivity index (χ0) is 17.3. The Morgan fingerprint density at radius 3 is 2.73 bits per heavy atom. The Morgan fingerprint density at radius 2 is 2.08 bits per heavy atom. The molecule has 0 spiro atoms. The Bertz CT molecular complexity index is 767. The molecular weight excluding hydrogens is 374 g/mol. The highest BCUT2D eigenvalue weighted by atomic mass is 35.5. The summed E-state index contributed by atoms with van der Waals surface area (Å²) in [6.07, 6.45) is 6.69. The fourth-order valence-corrected chi connectivity index (χ4v) is 4.37. The van der Waals surface area contributed by atoms with Crippen molar-refractivity contribution in [2.24, 2.45) is 5.92 Å². The average molecular weight is 394 g/mol. The number of pyridine rings is 1. The van der Waals surface area contributed by atoms with Crippen molar-refractivity contribution >= 4 is 35.7 Å². The van der Waals surface area contributed by atoms with Gasteiger partial charge in [-0.15, -0.1) is 23.7 Å². The van der Waals surface area contributed by atoms with E-state index in [4.69, 9.17) is 0 Å². The number of hydrogen-bond acceptors (Lipinski definition) is 6. The molecule has 2 aliphatic rings. The van der Waals surface area contributed by atoms with Crippen molar-refractivity contribution in [1.82, 2.24) is 25.5 Å². The van der Waals surface area contributed by atoms with Gasteiger partial charge in [-0.25, -0.2) is 9.78 Å². The lowest BCUT2D eigenvalue weighted by Gasteiger charge is -2.37. The minimum atomic E-state index is -1.04. The molecule has 4 rings (SSSR count). The van der Waals surface area contributed by atoms with Gasteiger partial charge in [-0.05, 0) is 37.9 Å². The van der Waals surface area contributed by atoms with Crippen molar-refractivity contribution in [2.75, 3.05) is 13.1 Å². The first kappa shape index (κ1) is 18.8. The third-order valence-electron chi connectivity index (χ3n) is 4.98. The molecule has 4 heterocycles. The molecule has 7 nitrogen and oxygen atoms in total. The standard InChI is InChI=1S/C17H19N5O2S.ClH/c23-15-17(12-3-6-18-7-4-12,13-2-1-5-19-10-13)21-16(24)22(15)11-14-20-8-9-25-14;/h1-2,5,8-10,12,18H,3-4,6-7,11H2,(H,21,24);1H. The van der Waals surface area contributed by atoms with Gasteiger partial charge in [0.2, 0.25) is 0 Å². The monoisotopic (exact) mass is 393 g/mol. The number of halogens is 1. The quantitative estimate of drug-likeness (QED) is 0.775. The summed E-state index contributed by atoms with van der Waals surface area (Å²) < 4.78 is 0. The second-order valence-electron chi connectivity index (χ2n) is 6.32. The fourth-order valence-electron chi connectivity index (χ4n) is 3.76. The van der Waals surface area contributed by atoms with Crippen LogP contribution in [0.3, 0.4) is 0 Å². The fraction of sp³-hybridized carbons (Fsp3) is 0.412. The molecule has 1 unspecified atom stereocenters. The van der Waals surface area contributed by atoms with Crippen LogP contribution in [-0.2, 0) is 16.9 Å². The largest absolute Gasteiger partial charge is 0.325 e. The van der Waals surface area contributed by atoms with E-state index in [2.05, 4.69) is 20.6 Å². The van der Waals surface area contributed by atoms with Crippen LogP contribution in [-0.4, -0.2) is 39.9 Å². The van der Waals surface area contributed by atoms with Crippen molar-refractivity contribution in [1.29, 1.82) is 0 Å². The lowest BCUT2D eigenvalue weighted by molar-refractivity contribution is -0.134. The van der Waals surface area contributed by atoms with Gasteiger partial charge >= 0.3 is 6.03 Å². The van der Waals surface area contributed by atoms with Gasteiger partial charge in [0.25, 0.3) is 5.91 Å². The summed E-state index contributed by atoms with van der Waals surface area (Å²) in [6.45, 7) is 1.87. The van der Waals surface area contributed by atoms with Crippen LogP contribution in [0, 0.1) is 5.92 Å². The molecule has 9 heteroatoms. The number of carbonyl (C=O) groups is 2. The molecule has 2 N–H and O–H groups in total. The SMILES string of the molecule is Cl.O=C1NC(c2cccnc2)(C2CCNCC2)C(=O)N1Cc1nccs1. The smallest absolute Gasteiger partial charge is 0.319 e. The van der Waals surface area contributed by atoms with E-state index < -0.39 is 5.54 Å². The summed E-state index contributed by atoms with van der Waals surface area (Å²) in [5.74, 6) is -0.164. The van der Waals surface area contributed by atoms with Crippen LogP contribution in [0.4, 0.5) is 4.79 Å². The molecule has 0 saturated carbocycles. The summed E-state index contributed by atoms with van der Waals surface area (Å²) >= 11 is 1.44. The second kappa shape index (κ2) is 7.69. The Kier molecular flexibility index (Phi) is 5.55. The number of nitrogens with one attached hydrogen (secondary N) is 2. The summed E-state index contributed by atoms with van der Waals surface area (Å²) in [5, 5.41) is 8.92. The molecular formula is C17H20ClN5O2S. The van der Waals surface area contributed by atoms with Gasteiger partial charge in [-0.3, -0.25) is 14.7 Å². The number of aromatic nitrogens is 2. The van der Waals surface area contributed by atoms with E-state index in [9.17, 15) is 9.59 Å². The molecule has 26 heavy (non-hydrogen) atoms. The first-order valence-electron chi connectivity index (χ1n) is 8.35. The van der Waals surface area contributed by atoms with Crippen molar-refractivity contribution in [3.63, 3.8) is 0 Å². The first-order valence-corrected chi connectivity index (χ1v) is 9.23. The van der Waals surface area contributed by atoms with E-state index in [1.54, 1.807) is 24.7 Å². The Balaban J connectivity index is 0.00000196. The zero-order valence-corrected chi connectivity index (χ0v) is 15.7. The number of imide groups is 1. The number of thiazole rings is 1. The summed E-state index contributed by atoms with van der Waals surface area (Å²) in [7, 11) is 0. The van der Waals surface area contributed by atoms with Crippen LogP contribution in [0.15, 0.2) is 36.1 Å². The Labute approximate surface area is 161 Å². The van der Waals surface area contributed by atoms with Gasteiger partial charge in [-0.2, -0.15) is 0 Å². The Morgan fingerprint density at radius 1 is 1.27 bits per heavy atom. The zero-order valence-electron chi connectivity index (χ0n) is 14.1. The van der Waals surface area contributed by atoms with Gasteiger partial charge in [0.1, 0.15) is 5.01 Å². The highest BCUT2D eigenvalue weighted by molar-refractivity contribution is 7.09. The molecule has 0 bridgehead atoms. The van der Waals surface area contributed by atoms with E-state index in [0.29, 0.717) is 0 Å². The number of nitrogens with zero attached hydrogens (tertiary/aromatic N) is 3. The van der Waals surface area contributed by atoms with Crippen LogP contribution >= 0.6 is 23.7 Å². The van der Waals surface area contributed by atoms with E-state index in [0.717, 1.165) is 36.5 Å². The molecule has 2 aliphatic heterocycles. The van der Waals surface area contributed by atoms with Crippen LogP contribution in [0.5, 0.6) is 0 Å². The number of urea groups is 1. The normalized spacial score (nSPS) is 23.6. The second-order valence-corrected chi connectivity index (χ2v) is 7.30. The van der Waals surface area contributed by atoms with Crippen LogP contribution in [0.25, 0.3) is 0 Å². The lowest BCUT2D eigenvalue weighted by atomic mass is 9.74. The minimum Gasteiger partial charge on any atom is -0.319 e. The summed E-state index contributed by atoms with van der Waals surface area (Å²) in [4.78, 5) is 35.8. The number of amides is 3. The lowest BCUT2D eigenvalue weighted by Crippen LogP contribution is -2.53. The van der Waals surface area contributed by atoms with E-state index >= 15 is 0 Å². The number of hydrogen-bond donors (Lipinski definition) is 2. The van der Waals surface area contributed by atoms with Gasteiger partial charge in [0.15, 0.2) is 5.54 Å². The highest BCUT2D eigenvalue weighted by Crippen LogP contribution is 2.40. The van der Waals surface area contributed by atoms with E-state index in [-0.39, 0.29) is 36.8 Å². The third kappa shape index (κ3) is 3.08. The molecule has 2 saturated heterocycles. The number of carbonyl (C=O) groups excluding carboxylic acids is 2. The predicted octanol–water partition coefficient (Wildman–Crippen LogP) is 1.91. The minimum absolute atomic E-state index is 0. The molecule has 3 amide bonds. The molecule has 1 atom stereocenters. The molecule has 2 fully saturated rings. The van der Waals surface area contributed by atoms with Gasteiger partial charge in [0, 0.05) is 29.5 Å².